The summed E-state index contributed by atoms with van der Waals surface area (Å²) in [4.78, 5) is 0. The van der Waals surface area contributed by atoms with Crippen LogP contribution in [0.4, 0.5) is 8.78 Å². The molecule has 1 rings (SSSR count). The van der Waals surface area contributed by atoms with Gasteiger partial charge in [0.1, 0.15) is 6.61 Å². The monoisotopic (exact) mass is 186 g/mol. The van der Waals surface area contributed by atoms with Crippen LogP contribution >= 0.6 is 0 Å². The van der Waals surface area contributed by atoms with E-state index in [0.29, 0.717) is 5.56 Å². The highest BCUT2D eigenvalue weighted by Gasteiger charge is 2.28. The lowest BCUT2D eigenvalue weighted by molar-refractivity contribution is -0.0489. The second kappa shape index (κ2) is 3.83. The van der Waals surface area contributed by atoms with Crippen LogP contribution < -0.4 is 0 Å². The van der Waals surface area contributed by atoms with Crippen molar-refractivity contribution >= 4 is 0 Å². The molecule has 0 fully saturated rings. The van der Waals surface area contributed by atoms with Crippen molar-refractivity contribution in [3.63, 3.8) is 0 Å². The number of benzene rings is 1. The van der Waals surface area contributed by atoms with Crippen LogP contribution in [0.2, 0.25) is 0 Å². The van der Waals surface area contributed by atoms with Crippen LogP contribution in [0.3, 0.4) is 0 Å². The molecule has 3 heteroatoms. The van der Waals surface area contributed by atoms with Gasteiger partial charge in [-0.15, -0.1) is 0 Å². The molecule has 1 aromatic carbocycles. The van der Waals surface area contributed by atoms with Gasteiger partial charge in [0.05, 0.1) is 0 Å². The number of alkyl halides is 2. The Balaban J connectivity index is 2.80. The molecule has 0 aromatic heterocycles. The highest BCUT2D eigenvalue weighted by molar-refractivity contribution is 5.26. The molecule has 13 heavy (non-hydrogen) atoms. The van der Waals surface area contributed by atoms with Gasteiger partial charge in [-0.1, -0.05) is 24.3 Å². The Kier molecular flexibility index (Phi) is 2.98. The minimum absolute atomic E-state index is 0.393. The molecular formula is C10H12F2O. The SMILES string of the molecule is Cc1ccccc1CC(F)(F)CO. The fraction of sp³-hybridized carbons (Fsp3) is 0.400. The molecule has 1 aromatic rings. The maximum absolute atomic E-state index is 12.8. The molecule has 0 aliphatic heterocycles. The second-order valence-corrected chi connectivity index (χ2v) is 3.12. The lowest BCUT2D eigenvalue weighted by atomic mass is 10.0. The fourth-order valence-electron chi connectivity index (χ4n) is 1.14. The zero-order valence-corrected chi connectivity index (χ0v) is 7.43. The first-order valence-corrected chi connectivity index (χ1v) is 4.08. The van der Waals surface area contributed by atoms with Crippen LogP contribution in [0.25, 0.3) is 0 Å². The summed E-state index contributed by atoms with van der Waals surface area (Å²) in [6.07, 6.45) is -0.393. The number of hydrogen-bond donors (Lipinski definition) is 1. The van der Waals surface area contributed by atoms with Crippen LogP contribution in [0.15, 0.2) is 24.3 Å². The van der Waals surface area contributed by atoms with Crippen LogP contribution in [0, 0.1) is 6.92 Å². The van der Waals surface area contributed by atoms with Crippen LogP contribution in [0.5, 0.6) is 0 Å². The van der Waals surface area contributed by atoms with Gasteiger partial charge in [-0.2, -0.15) is 0 Å². The van der Waals surface area contributed by atoms with Crippen molar-refractivity contribution in [3.05, 3.63) is 35.4 Å². The first-order valence-electron chi connectivity index (χ1n) is 4.08. The standard InChI is InChI=1S/C10H12F2O/c1-8-4-2-3-5-9(8)6-10(11,12)7-13/h2-5,13H,6-7H2,1H3. The number of rotatable bonds is 3. The van der Waals surface area contributed by atoms with Gasteiger partial charge in [-0.05, 0) is 18.1 Å². The molecule has 72 valence electrons. The van der Waals surface area contributed by atoms with E-state index < -0.39 is 19.0 Å². The zero-order valence-electron chi connectivity index (χ0n) is 7.43. The Hall–Kier alpha value is -0.960. The zero-order chi connectivity index (χ0) is 9.90. The number of aliphatic hydroxyl groups is 1. The molecule has 1 N–H and O–H groups in total. The van der Waals surface area contributed by atoms with Crippen molar-refractivity contribution in [2.24, 2.45) is 0 Å². The molecule has 1 nitrogen and oxygen atoms in total. The molecule has 0 saturated heterocycles. The summed E-state index contributed by atoms with van der Waals surface area (Å²) in [5, 5.41) is 8.40. The molecule has 0 bridgehead atoms. The van der Waals surface area contributed by atoms with E-state index in [-0.39, 0.29) is 0 Å². The lowest BCUT2D eigenvalue weighted by Gasteiger charge is -2.14. The van der Waals surface area contributed by atoms with Crippen LogP contribution in [0.1, 0.15) is 11.1 Å². The van der Waals surface area contributed by atoms with Crippen LogP contribution in [-0.2, 0) is 6.42 Å². The number of halogens is 2. The van der Waals surface area contributed by atoms with Gasteiger partial charge in [-0.25, -0.2) is 8.78 Å². The Morgan fingerprint density at radius 2 is 1.92 bits per heavy atom. The first-order chi connectivity index (χ1) is 6.05. The second-order valence-electron chi connectivity index (χ2n) is 3.12. The Labute approximate surface area is 76.0 Å². The van der Waals surface area contributed by atoms with Gasteiger partial charge < -0.3 is 5.11 Å². The Morgan fingerprint density at radius 1 is 1.31 bits per heavy atom. The Morgan fingerprint density at radius 3 is 2.46 bits per heavy atom. The van der Waals surface area contributed by atoms with Crippen molar-refractivity contribution in [1.82, 2.24) is 0 Å². The summed E-state index contributed by atoms with van der Waals surface area (Å²) in [6, 6.07) is 6.95. The molecule has 0 atom stereocenters. The van der Waals surface area contributed by atoms with Crippen molar-refractivity contribution < 1.29 is 13.9 Å². The minimum Gasteiger partial charge on any atom is -0.390 e. The van der Waals surface area contributed by atoms with Crippen molar-refractivity contribution in [1.29, 1.82) is 0 Å². The topological polar surface area (TPSA) is 20.2 Å². The van der Waals surface area contributed by atoms with E-state index in [1.807, 2.05) is 0 Å². The summed E-state index contributed by atoms with van der Waals surface area (Å²) >= 11 is 0. The van der Waals surface area contributed by atoms with Crippen LogP contribution in [-0.4, -0.2) is 17.6 Å². The van der Waals surface area contributed by atoms with Crippen molar-refractivity contribution in [2.75, 3.05) is 6.61 Å². The smallest absolute Gasteiger partial charge is 0.274 e. The van der Waals surface area contributed by atoms with Gasteiger partial charge >= 0.3 is 0 Å². The van der Waals surface area contributed by atoms with Gasteiger partial charge in [0, 0.05) is 6.42 Å². The average Bonchev–Trinajstić information content (AvgIpc) is 2.09. The summed E-state index contributed by atoms with van der Waals surface area (Å²) in [5.74, 6) is -3.01. The summed E-state index contributed by atoms with van der Waals surface area (Å²) in [6.45, 7) is 0.685. The molecule has 0 aliphatic rings. The maximum Gasteiger partial charge on any atom is 0.274 e. The highest BCUT2D eigenvalue weighted by atomic mass is 19.3. The van der Waals surface area contributed by atoms with Gasteiger partial charge in [0.15, 0.2) is 0 Å². The predicted octanol–water partition coefficient (Wildman–Crippen LogP) is 2.17. The molecule has 0 radical (unpaired) electrons. The van der Waals surface area contributed by atoms with E-state index in [4.69, 9.17) is 5.11 Å². The summed E-state index contributed by atoms with van der Waals surface area (Å²) < 4.78 is 25.5. The number of aliphatic hydroxyl groups excluding tert-OH is 1. The fourth-order valence-corrected chi connectivity index (χ4v) is 1.14. The normalized spacial score (nSPS) is 11.7. The molecule has 0 unspecified atom stereocenters. The largest absolute Gasteiger partial charge is 0.390 e. The molecule has 0 amide bonds. The van der Waals surface area contributed by atoms with Gasteiger partial charge in [0.25, 0.3) is 5.92 Å². The predicted molar refractivity (Wildman–Crippen MR) is 46.9 cm³/mol. The first kappa shape index (κ1) is 10.1. The minimum atomic E-state index is -3.01. The molecule has 0 saturated carbocycles. The van der Waals surface area contributed by atoms with Crippen molar-refractivity contribution in [2.45, 2.75) is 19.3 Å². The Bertz CT molecular complexity index is 284. The van der Waals surface area contributed by atoms with E-state index in [9.17, 15) is 8.78 Å². The van der Waals surface area contributed by atoms with Gasteiger partial charge in [-0.3, -0.25) is 0 Å². The maximum atomic E-state index is 12.8. The quantitative estimate of drug-likeness (QED) is 0.767. The van der Waals surface area contributed by atoms with E-state index in [1.54, 1.807) is 31.2 Å². The van der Waals surface area contributed by atoms with Gasteiger partial charge in [0.2, 0.25) is 0 Å². The third-order valence-electron chi connectivity index (χ3n) is 1.94. The number of hydrogen-bond acceptors (Lipinski definition) is 1. The molecule has 0 aliphatic carbocycles. The third kappa shape index (κ3) is 2.77. The lowest BCUT2D eigenvalue weighted by Crippen LogP contribution is -2.24. The van der Waals surface area contributed by atoms with Crippen molar-refractivity contribution in [3.8, 4) is 0 Å². The number of aryl methyl sites for hydroxylation is 1. The third-order valence-corrected chi connectivity index (χ3v) is 1.94. The van der Waals surface area contributed by atoms with E-state index in [1.165, 1.54) is 0 Å². The van der Waals surface area contributed by atoms with E-state index in [2.05, 4.69) is 0 Å². The highest BCUT2D eigenvalue weighted by Crippen LogP contribution is 2.21. The van der Waals surface area contributed by atoms with E-state index >= 15 is 0 Å². The summed E-state index contributed by atoms with van der Waals surface area (Å²) in [7, 11) is 0. The molecule has 0 spiro atoms. The summed E-state index contributed by atoms with van der Waals surface area (Å²) in [5.41, 5.74) is 1.41. The molecule has 0 heterocycles. The average molecular weight is 186 g/mol. The molecular weight excluding hydrogens is 174 g/mol. The van der Waals surface area contributed by atoms with E-state index in [0.717, 1.165) is 5.56 Å².